The van der Waals surface area contributed by atoms with E-state index >= 15 is 0 Å². The first-order valence-electron chi connectivity index (χ1n) is 13.9. The monoisotopic (exact) mass is 544 g/mol. The Balaban J connectivity index is 1.47. The molecule has 38 heavy (non-hydrogen) atoms. The van der Waals surface area contributed by atoms with Crippen LogP contribution in [0.4, 0.5) is 11.4 Å². The number of benzene rings is 3. The lowest BCUT2D eigenvalue weighted by atomic mass is 10.0. The second kappa shape index (κ2) is 13.4. The lowest BCUT2D eigenvalue weighted by molar-refractivity contribution is 0.0975. The molecule has 0 saturated heterocycles. The number of carbonyl (C=O) groups excluding carboxylic acids is 2. The lowest BCUT2D eigenvalue weighted by Crippen LogP contribution is -2.32. The van der Waals surface area contributed by atoms with E-state index in [0.29, 0.717) is 21.6 Å². The first-order valence-corrected chi connectivity index (χ1v) is 15.6. The van der Waals surface area contributed by atoms with E-state index in [0.717, 1.165) is 37.1 Å². The fraction of sp³-hybridized carbons (Fsp3) is 0.375. The van der Waals surface area contributed by atoms with Gasteiger partial charge in [0.1, 0.15) is 0 Å². The van der Waals surface area contributed by atoms with Crippen LogP contribution in [0.5, 0.6) is 0 Å². The predicted octanol–water partition coefficient (Wildman–Crippen LogP) is 8.94. The van der Waals surface area contributed by atoms with Crippen molar-refractivity contribution in [2.24, 2.45) is 0 Å². The third-order valence-electron chi connectivity index (χ3n) is 7.35. The number of nitrogens with zero attached hydrogens (tertiary/aromatic N) is 2. The molecule has 5 rings (SSSR count). The molecule has 0 radical (unpaired) electrons. The summed E-state index contributed by atoms with van der Waals surface area (Å²) >= 11 is 3.26. The zero-order valence-corrected chi connectivity index (χ0v) is 23.5. The van der Waals surface area contributed by atoms with Crippen LogP contribution in [0.2, 0.25) is 0 Å². The molecule has 0 N–H and O–H groups in total. The van der Waals surface area contributed by atoms with Crippen LogP contribution < -0.4 is 8.61 Å². The average molecular weight is 545 g/mol. The summed E-state index contributed by atoms with van der Waals surface area (Å²) in [6.07, 6.45) is 11.8. The molecule has 2 aliphatic carbocycles. The Labute approximate surface area is 235 Å². The molecule has 198 valence electrons. The van der Waals surface area contributed by atoms with E-state index in [2.05, 4.69) is 0 Å². The number of hydrogen-bond acceptors (Lipinski definition) is 4. The molecule has 4 nitrogen and oxygen atoms in total. The van der Waals surface area contributed by atoms with Gasteiger partial charge in [0.25, 0.3) is 11.8 Å². The fourth-order valence-electron chi connectivity index (χ4n) is 5.29. The fourth-order valence-corrected chi connectivity index (χ4v) is 7.85. The second-order valence-electron chi connectivity index (χ2n) is 10.1. The van der Waals surface area contributed by atoms with Gasteiger partial charge in [-0.3, -0.25) is 9.59 Å². The van der Waals surface area contributed by atoms with E-state index in [9.17, 15) is 9.59 Å². The first kappa shape index (κ1) is 26.9. The topological polar surface area (TPSA) is 40.6 Å². The largest absolute Gasteiger partial charge is 0.269 e. The minimum absolute atomic E-state index is 0.133. The Bertz CT molecular complexity index is 1100. The van der Waals surface area contributed by atoms with Crippen molar-refractivity contribution in [1.82, 2.24) is 0 Å². The maximum atomic E-state index is 14.2. The number of para-hydroxylation sites is 2. The zero-order valence-electron chi connectivity index (χ0n) is 21.8. The Hall–Kier alpha value is -2.70. The third kappa shape index (κ3) is 6.65. The van der Waals surface area contributed by atoms with Gasteiger partial charge in [0.2, 0.25) is 0 Å². The van der Waals surface area contributed by atoms with Gasteiger partial charge >= 0.3 is 0 Å². The second-order valence-corrected chi connectivity index (χ2v) is 12.6. The van der Waals surface area contributed by atoms with E-state index in [1.54, 1.807) is 36.0 Å². The van der Waals surface area contributed by atoms with Crippen LogP contribution in [0, 0.1) is 0 Å². The smallest absolute Gasteiger partial charge is 0.268 e. The lowest BCUT2D eigenvalue weighted by Gasteiger charge is -2.30. The Morgan fingerprint density at radius 1 is 0.500 bits per heavy atom. The summed E-state index contributed by atoms with van der Waals surface area (Å²) in [5, 5.41) is 0.803. The molecular formula is C32H36N2O2S2. The molecular weight excluding hydrogens is 508 g/mol. The van der Waals surface area contributed by atoms with Crippen molar-refractivity contribution in [3.8, 4) is 0 Å². The van der Waals surface area contributed by atoms with Crippen molar-refractivity contribution in [2.75, 3.05) is 8.61 Å². The van der Waals surface area contributed by atoms with E-state index < -0.39 is 0 Å². The van der Waals surface area contributed by atoms with E-state index in [4.69, 9.17) is 0 Å². The van der Waals surface area contributed by atoms with Crippen LogP contribution >= 0.6 is 23.9 Å². The van der Waals surface area contributed by atoms with Gasteiger partial charge in [0.05, 0.1) is 22.5 Å². The summed E-state index contributed by atoms with van der Waals surface area (Å²) in [4.78, 5) is 28.4. The number of hydrogen-bond donors (Lipinski definition) is 0. The van der Waals surface area contributed by atoms with Crippen LogP contribution in [0.15, 0.2) is 84.9 Å². The van der Waals surface area contributed by atoms with Gasteiger partial charge in [-0.25, -0.2) is 8.61 Å². The van der Waals surface area contributed by atoms with Gasteiger partial charge in [0.15, 0.2) is 0 Å². The van der Waals surface area contributed by atoms with Crippen molar-refractivity contribution < 1.29 is 9.59 Å². The van der Waals surface area contributed by atoms with Crippen LogP contribution in [0.25, 0.3) is 0 Å². The minimum Gasteiger partial charge on any atom is -0.268 e. The first-order chi connectivity index (χ1) is 18.7. The molecule has 2 aliphatic rings. The van der Waals surface area contributed by atoms with E-state index in [1.165, 1.54) is 38.5 Å². The average Bonchev–Trinajstić information content (AvgIpc) is 3.00. The summed E-state index contributed by atoms with van der Waals surface area (Å²) in [5.41, 5.74) is 2.61. The van der Waals surface area contributed by atoms with Crippen molar-refractivity contribution in [3.05, 3.63) is 96.1 Å². The Morgan fingerprint density at radius 3 is 1.21 bits per heavy atom. The van der Waals surface area contributed by atoms with Gasteiger partial charge in [-0.1, -0.05) is 87.1 Å². The number of anilines is 2. The Morgan fingerprint density at radius 2 is 0.842 bits per heavy atom. The molecule has 3 aromatic carbocycles. The molecule has 2 amide bonds. The normalized spacial score (nSPS) is 16.6. The molecule has 0 aromatic heterocycles. The molecule has 0 aliphatic heterocycles. The SMILES string of the molecule is O=C(c1ccccc1C(=O)N(SC1CCCCC1)c1ccccc1)N(SC1CCCCC1)c1ccccc1. The molecule has 0 bridgehead atoms. The standard InChI is InChI=1S/C32H36N2O2S2/c35-31(33(25-15-5-1-6-16-25)37-27-19-9-3-10-20-27)29-23-13-14-24-30(29)32(36)34(26-17-7-2-8-18-26)38-28-21-11-4-12-22-28/h1-2,5-8,13-18,23-24,27-28H,3-4,9-12,19-22H2. The van der Waals surface area contributed by atoms with Crippen molar-refractivity contribution in [2.45, 2.75) is 74.7 Å². The van der Waals surface area contributed by atoms with Gasteiger partial charge in [0, 0.05) is 10.5 Å². The molecule has 0 spiro atoms. The quantitative estimate of drug-likeness (QED) is 0.265. The summed E-state index contributed by atoms with van der Waals surface area (Å²) in [5.74, 6) is -0.266. The highest BCUT2D eigenvalue weighted by atomic mass is 32.2. The summed E-state index contributed by atoms with van der Waals surface area (Å²) in [7, 11) is 0. The Kier molecular flexibility index (Phi) is 9.47. The van der Waals surface area contributed by atoms with Crippen molar-refractivity contribution in [3.63, 3.8) is 0 Å². The van der Waals surface area contributed by atoms with Gasteiger partial charge < -0.3 is 0 Å². The van der Waals surface area contributed by atoms with Crippen LogP contribution in [-0.2, 0) is 0 Å². The van der Waals surface area contributed by atoms with Gasteiger partial charge in [-0.05, 0) is 86.0 Å². The van der Waals surface area contributed by atoms with E-state index in [-0.39, 0.29) is 11.8 Å². The van der Waals surface area contributed by atoms with Gasteiger partial charge in [-0.15, -0.1) is 0 Å². The number of amides is 2. The molecule has 6 heteroatoms. The van der Waals surface area contributed by atoms with Crippen LogP contribution in [0.3, 0.4) is 0 Å². The van der Waals surface area contributed by atoms with Crippen LogP contribution in [-0.4, -0.2) is 22.3 Å². The predicted molar refractivity (Wildman–Crippen MR) is 162 cm³/mol. The summed E-state index contributed by atoms with van der Waals surface area (Å²) in [6, 6.07) is 27.0. The van der Waals surface area contributed by atoms with Crippen LogP contribution in [0.1, 0.15) is 84.9 Å². The maximum absolute atomic E-state index is 14.2. The highest BCUT2D eigenvalue weighted by Crippen LogP contribution is 2.37. The third-order valence-corrected chi connectivity index (χ3v) is 10.1. The number of rotatable bonds is 8. The minimum atomic E-state index is -0.133. The molecule has 0 unspecified atom stereocenters. The molecule has 3 aromatic rings. The molecule has 0 atom stereocenters. The highest BCUT2D eigenvalue weighted by Gasteiger charge is 2.30. The van der Waals surface area contributed by atoms with E-state index in [1.807, 2.05) is 81.4 Å². The maximum Gasteiger partial charge on any atom is 0.269 e. The molecule has 2 saturated carbocycles. The van der Waals surface area contributed by atoms with Crippen molar-refractivity contribution >= 4 is 47.1 Å². The highest BCUT2D eigenvalue weighted by molar-refractivity contribution is 8.02. The zero-order chi connectivity index (χ0) is 26.2. The van der Waals surface area contributed by atoms with Crippen molar-refractivity contribution in [1.29, 1.82) is 0 Å². The molecule has 0 heterocycles. The van der Waals surface area contributed by atoms with Gasteiger partial charge in [-0.2, -0.15) is 0 Å². The summed E-state index contributed by atoms with van der Waals surface area (Å²) in [6.45, 7) is 0. The molecule has 2 fully saturated rings. The number of carbonyl (C=O) groups is 2. The summed E-state index contributed by atoms with van der Waals surface area (Å²) < 4.78 is 3.65.